The van der Waals surface area contributed by atoms with Crippen LogP contribution < -0.4 is 10.1 Å². The molecule has 1 N–H and O–H groups in total. The molecule has 0 fully saturated rings. The van der Waals surface area contributed by atoms with E-state index in [1.165, 1.54) is 13.3 Å². The van der Waals surface area contributed by atoms with Crippen LogP contribution in [0.15, 0.2) is 30.5 Å². The lowest BCUT2D eigenvalue weighted by atomic mass is 10.1. The summed E-state index contributed by atoms with van der Waals surface area (Å²) >= 11 is 0. The number of halogens is 1. The van der Waals surface area contributed by atoms with E-state index in [2.05, 4.69) is 16.4 Å². The third-order valence-electron chi connectivity index (χ3n) is 3.92. The van der Waals surface area contributed by atoms with Crippen LogP contribution in [-0.4, -0.2) is 18.0 Å². The molecule has 0 bridgehead atoms. The zero-order chi connectivity index (χ0) is 16.4. The summed E-state index contributed by atoms with van der Waals surface area (Å²) in [6.45, 7) is 0. The predicted molar refractivity (Wildman–Crippen MR) is 80.4 cm³/mol. The summed E-state index contributed by atoms with van der Waals surface area (Å²) in [5.74, 6) is -1.03. The Morgan fingerprint density at radius 3 is 3.00 bits per heavy atom. The molecule has 0 saturated heterocycles. The van der Waals surface area contributed by atoms with E-state index in [1.54, 1.807) is 6.07 Å². The third kappa shape index (κ3) is 2.86. The van der Waals surface area contributed by atoms with E-state index in [9.17, 15) is 9.18 Å². The molecule has 0 spiro atoms. The van der Waals surface area contributed by atoms with Crippen molar-refractivity contribution >= 4 is 5.91 Å². The first-order valence-electron chi connectivity index (χ1n) is 7.15. The van der Waals surface area contributed by atoms with Gasteiger partial charge in [0.05, 0.1) is 31.0 Å². The van der Waals surface area contributed by atoms with Gasteiger partial charge in [0.1, 0.15) is 5.75 Å². The highest BCUT2D eigenvalue weighted by atomic mass is 19.1. The smallest absolute Gasteiger partial charge is 0.273 e. The highest BCUT2D eigenvalue weighted by Gasteiger charge is 2.26. The molecule has 0 radical (unpaired) electrons. The van der Waals surface area contributed by atoms with Gasteiger partial charge in [-0.2, -0.15) is 5.26 Å². The number of nitrogens with zero attached hydrogens (tertiary/aromatic N) is 2. The molecule has 1 atom stereocenters. The van der Waals surface area contributed by atoms with Gasteiger partial charge in [0.25, 0.3) is 5.91 Å². The Kier molecular flexibility index (Phi) is 3.94. The fourth-order valence-electron chi connectivity index (χ4n) is 2.76. The second-order valence-electron chi connectivity index (χ2n) is 5.30. The molecule has 1 amide bonds. The SMILES string of the molecule is COc1cnc(C(=O)NC2CCc3cc(C#N)ccc32)c(F)c1. The molecule has 23 heavy (non-hydrogen) atoms. The molecule has 116 valence electrons. The van der Waals surface area contributed by atoms with Gasteiger partial charge < -0.3 is 10.1 Å². The van der Waals surface area contributed by atoms with Crippen LogP contribution in [0.25, 0.3) is 0 Å². The Hall–Kier alpha value is -2.94. The maximum absolute atomic E-state index is 13.9. The predicted octanol–water partition coefficient (Wildman–Crippen LogP) is 2.52. The van der Waals surface area contributed by atoms with Crippen molar-refractivity contribution in [2.45, 2.75) is 18.9 Å². The monoisotopic (exact) mass is 311 g/mol. The van der Waals surface area contributed by atoms with E-state index < -0.39 is 11.7 Å². The average Bonchev–Trinajstić information content (AvgIpc) is 2.96. The molecule has 6 heteroatoms. The van der Waals surface area contributed by atoms with E-state index in [4.69, 9.17) is 10.00 Å². The zero-order valence-electron chi connectivity index (χ0n) is 12.5. The number of rotatable bonds is 3. The Morgan fingerprint density at radius 2 is 2.30 bits per heavy atom. The van der Waals surface area contributed by atoms with Crippen LogP contribution in [0.1, 0.15) is 39.6 Å². The number of aromatic nitrogens is 1. The topological polar surface area (TPSA) is 75.0 Å². The maximum atomic E-state index is 13.9. The number of fused-ring (bicyclic) bond motifs is 1. The Morgan fingerprint density at radius 1 is 1.48 bits per heavy atom. The third-order valence-corrected chi connectivity index (χ3v) is 3.92. The number of nitrogens with one attached hydrogen (secondary N) is 1. The van der Waals surface area contributed by atoms with Crippen LogP contribution in [-0.2, 0) is 6.42 Å². The van der Waals surface area contributed by atoms with Crippen LogP contribution in [0, 0.1) is 17.1 Å². The number of hydrogen-bond acceptors (Lipinski definition) is 4. The zero-order valence-corrected chi connectivity index (χ0v) is 12.5. The molecule has 1 heterocycles. The van der Waals surface area contributed by atoms with Gasteiger partial charge in [-0.05, 0) is 36.1 Å². The molecule has 1 aromatic carbocycles. The minimum Gasteiger partial charge on any atom is -0.495 e. The van der Waals surface area contributed by atoms with Crippen molar-refractivity contribution in [2.75, 3.05) is 7.11 Å². The first-order valence-corrected chi connectivity index (χ1v) is 7.15. The molecule has 0 aliphatic heterocycles. The fraction of sp³-hybridized carbons (Fsp3) is 0.235. The van der Waals surface area contributed by atoms with Crippen LogP contribution in [0.5, 0.6) is 5.75 Å². The molecule has 0 saturated carbocycles. The lowest BCUT2D eigenvalue weighted by Gasteiger charge is -2.14. The van der Waals surface area contributed by atoms with Crippen molar-refractivity contribution in [3.05, 3.63) is 58.7 Å². The molecule has 5 nitrogen and oxygen atoms in total. The van der Waals surface area contributed by atoms with Crippen molar-refractivity contribution in [3.63, 3.8) is 0 Å². The molecule has 1 aromatic heterocycles. The van der Waals surface area contributed by atoms with Crippen molar-refractivity contribution in [1.29, 1.82) is 5.26 Å². The number of methoxy groups -OCH3 is 1. The Bertz CT molecular complexity index is 814. The first-order chi connectivity index (χ1) is 11.1. The number of aryl methyl sites for hydroxylation is 1. The molecule has 3 rings (SSSR count). The Labute approximate surface area is 132 Å². The van der Waals surface area contributed by atoms with Crippen molar-refractivity contribution in [2.24, 2.45) is 0 Å². The fourth-order valence-corrected chi connectivity index (χ4v) is 2.76. The van der Waals surface area contributed by atoms with Gasteiger partial charge >= 0.3 is 0 Å². The van der Waals surface area contributed by atoms with E-state index in [1.807, 2.05) is 12.1 Å². The standard InChI is InChI=1S/C17H14FN3O2/c1-23-12-7-14(18)16(20-9-12)17(22)21-15-5-3-11-6-10(8-19)2-4-13(11)15/h2,4,6-7,9,15H,3,5H2,1H3,(H,21,22). The highest BCUT2D eigenvalue weighted by molar-refractivity contribution is 5.93. The molecular weight excluding hydrogens is 297 g/mol. The van der Waals surface area contributed by atoms with E-state index in [0.29, 0.717) is 12.0 Å². The molecule has 1 unspecified atom stereocenters. The summed E-state index contributed by atoms with van der Waals surface area (Å²) in [4.78, 5) is 16.1. The number of ether oxygens (including phenoxy) is 1. The van der Waals surface area contributed by atoms with Crippen molar-refractivity contribution in [3.8, 4) is 11.8 Å². The van der Waals surface area contributed by atoms with Gasteiger partial charge in [0.15, 0.2) is 11.5 Å². The Balaban J connectivity index is 1.79. The lowest BCUT2D eigenvalue weighted by Crippen LogP contribution is -2.28. The van der Waals surface area contributed by atoms with Crippen LogP contribution in [0.3, 0.4) is 0 Å². The number of nitriles is 1. The van der Waals surface area contributed by atoms with E-state index in [0.717, 1.165) is 23.6 Å². The number of carbonyl (C=O) groups is 1. The largest absolute Gasteiger partial charge is 0.495 e. The lowest BCUT2D eigenvalue weighted by molar-refractivity contribution is 0.0927. The number of hydrogen-bond donors (Lipinski definition) is 1. The number of benzene rings is 1. The number of pyridine rings is 1. The van der Waals surface area contributed by atoms with Gasteiger partial charge in [-0.3, -0.25) is 4.79 Å². The summed E-state index contributed by atoms with van der Waals surface area (Å²) in [6, 6.07) is 8.41. The molecule has 2 aromatic rings. The number of carbonyl (C=O) groups excluding carboxylic acids is 1. The minimum atomic E-state index is -0.722. The van der Waals surface area contributed by atoms with Crippen LogP contribution in [0.4, 0.5) is 4.39 Å². The molecule has 1 aliphatic carbocycles. The van der Waals surface area contributed by atoms with Crippen LogP contribution in [0.2, 0.25) is 0 Å². The van der Waals surface area contributed by atoms with Gasteiger partial charge in [0, 0.05) is 6.07 Å². The maximum Gasteiger partial charge on any atom is 0.273 e. The first kappa shape index (κ1) is 15.0. The summed E-state index contributed by atoms with van der Waals surface area (Å²) < 4.78 is 18.8. The quantitative estimate of drug-likeness (QED) is 0.945. The summed E-state index contributed by atoms with van der Waals surface area (Å²) in [5.41, 5.74) is 2.34. The van der Waals surface area contributed by atoms with Gasteiger partial charge in [-0.25, -0.2) is 9.37 Å². The summed E-state index contributed by atoms with van der Waals surface area (Å²) in [7, 11) is 1.40. The molecular formula is C17H14FN3O2. The second kappa shape index (κ2) is 6.05. The van der Waals surface area contributed by atoms with Crippen molar-refractivity contribution < 1.29 is 13.9 Å². The highest BCUT2D eigenvalue weighted by Crippen LogP contribution is 2.32. The second-order valence-corrected chi connectivity index (χ2v) is 5.30. The van der Waals surface area contributed by atoms with Gasteiger partial charge in [-0.15, -0.1) is 0 Å². The molecule has 1 aliphatic rings. The van der Waals surface area contributed by atoms with Crippen LogP contribution >= 0.6 is 0 Å². The van der Waals surface area contributed by atoms with Gasteiger partial charge in [0.2, 0.25) is 0 Å². The summed E-state index contributed by atoms with van der Waals surface area (Å²) in [5, 5.41) is 11.7. The number of amides is 1. The van der Waals surface area contributed by atoms with Gasteiger partial charge in [-0.1, -0.05) is 6.07 Å². The van der Waals surface area contributed by atoms with E-state index >= 15 is 0 Å². The van der Waals surface area contributed by atoms with Crippen molar-refractivity contribution in [1.82, 2.24) is 10.3 Å². The average molecular weight is 311 g/mol. The summed E-state index contributed by atoms with van der Waals surface area (Å²) in [6.07, 6.45) is 2.79. The van der Waals surface area contributed by atoms with E-state index in [-0.39, 0.29) is 17.5 Å². The normalized spacial score (nSPS) is 15.6. The minimum absolute atomic E-state index is 0.200.